The molecule has 6 nitrogen and oxygen atoms in total. The Labute approximate surface area is 196 Å². The van der Waals surface area contributed by atoms with Crippen LogP contribution in [-0.2, 0) is 11.8 Å². The molecule has 0 atom stereocenters. The van der Waals surface area contributed by atoms with E-state index in [0.29, 0.717) is 11.7 Å². The third-order valence-corrected chi connectivity index (χ3v) is 6.59. The highest BCUT2D eigenvalue weighted by molar-refractivity contribution is 5.93. The van der Waals surface area contributed by atoms with E-state index in [0.717, 1.165) is 70.6 Å². The zero-order valence-electron chi connectivity index (χ0n) is 19.0. The number of hydrogen-bond donors (Lipinski definition) is 1. The van der Waals surface area contributed by atoms with Crippen LogP contribution in [0, 0.1) is 0 Å². The van der Waals surface area contributed by atoms with Gasteiger partial charge in [0.05, 0.1) is 5.52 Å². The summed E-state index contributed by atoms with van der Waals surface area (Å²) in [5.41, 5.74) is 3.46. The zero-order chi connectivity index (χ0) is 23.1. The minimum atomic E-state index is -0.0528. The van der Waals surface area contributed by atoms with E-state index < -0.39 is 0 Å². The highest BCUT2D eigenvalue weighted by Gasteiger charge is 2.22. The lowest BCUT2D eigenvalue weighted by atomic mass is 10.00. The van der Waals surface area contributed by atoms with Crippen molar-refractivity contribution >= 4 is 21.8 Å². The summed E-state index contributed by atoms with van der Waals surface area (Å²) in [6.07, 6.45) is 3.74. The van der Waals surface area contributed by atoms with Gasteiger partial charge in [-0.15, -0.1) is 0 Å². The average molecular weight is 452 g/mol. The van der Waals surface area contributed by atoms with E-state index in [-0.39, 0.29) is 5.56 Å². The number of aromatic nitrogens is 3. The van der Waals surface area contributed by atoms with E-state index in [9.17, 15) is 4.79 Å². The van der Waals surface area contributed by atoms with Gasteiger partial charge in [0, 0.05) is 55.0 Å². The monoisotopic (exact) mass is 451 g/mol. The molecule has 1 N–H and O–H groups in total. The molecule has 0 radical (unpaired) electrons. The second kappa shape index (κ2) is 8.47. The van der Waals surface area contributed by atoms with Crippen molar-refractivity contribution in [2.45, 2.75) is 18.8 Å². The minimum absolute atomic E-state index is 0.0528. The number of aromatic amines is 1. The number of nitrogens with zero attached hydrogens (tertiary/aromatic N) is 2. The van der Waals surface area contributed by atoms with Crippen LogP contribution in [0.4, 0.5) is 0 Å². The van der Waals surface area contributed by atoms with E-state index in [1.807, 2.05) is 48.7 Å². The summed E-state index contributed by atoms with van der Waals surface area (Å²) in [6.45, 7) is 1.51. The van der Waals surface area contributed by atoms with Crippen molar-refractivity contribution in [2.75, 3.05) is 13.2 Å². The summed E-state index contributed by atoms with van der Waals surface area (Å²) in [7, 11) is 1.76. The third kappa shape index (κ3) is 3.66. The van der Waals surface area contributed by atoms with Gasteiger partial charge in [-0.25, -0.2) is 4.98 Å². The maximum atomic E-state index is 12.0. The predicted octanol–water partition coefficient (Wildman–Crippen LogP) is 5.77. The number of ether oxygens (including phenoxy) is 2. The van der Waals surface area contributed by atoms with Crippen LogP contribution >= 0.6 is 0 Å². The van der Waals surface area contributed by atoms with Crippen LogP contribution in [0.5, 0.6) is 11.5 Å². The second-order valence-corrected chi connectivity index (χ2v) is 8.79. The molecule has 0 spiro atoms. The van der Waals surface area contributed by atoms with Gasteiger partial charge in [-0.3, -0.25) is 4.79 Å². The molecule has 3 heterocycles. The van der Waals surface area contributed by atoms with E-state index in [1.165, 1.54) is 0 Å². The van der Waals surface area contributed by atoms with Crippen molar-refractivity contribution in [3.05, 3.63) is 89.1 Å². The third-order valence-electron chi connectivity index (χ3n) is 6.59. The lowest BCUT2D eigenvalue weighted by Crippen LogP contribution is -2.15. The largest absolute Gasteiger partial charge is 0.454 e. The molecule has 5 aromatic rings. The molecule has 0 saturated carbocycles. The van der Waals surface area contributed by atoms with E-state index in [4.69, 9.17) is 14.5 Å². The van der Waals surface area contributed by atoms with Crippen LogP contribution in [0.15, 0.2) is 77.7 Å². The molecule has 0 bridgehead atoms. The summed E-state index contributed by atoms with van der Waals surface area (Å²) in [5.74, 6) is 2.76. The van der Waals surface area contributed by atoms with Crippen molar-refractivity contribution < 1.29 is 9.47 Å². The molecule has 3 aromatic carbocycles. The molecule has 0 aliphatic carbocycles. The highest BCUT2D eigenvalue weighted by Crippen LogP contribution is 2.41. The summed E-state index contributed by atoms with van der Waals surface area (Å²) >= 11 is 0. The Morgan fingerprint density at radius 1 is 1.00 bits per heavy atom. The average Bonchev–Trinajstić information content (AvgIpc) is 3.32. The molecule has 34 heavy (non-hydrogen) atoms. The first-order chi connectivity index (χ1) is 16.7. The molecule has 0 amide bonds. The van der Waals surface area contributed by atoms with Gasteiger partial charge in [0.2, 0.25) is 5.56 Å². The van der Waals surface area contributed by atoms with Crippen LogP contribution in [0.1, 0.15) is 24.6 Å². The molecule has 1 aliphatic heterocycles. The Morgan fingerprint density at radius 2 is 1.82 bits per heavy atom. The number of aryl methyl sites for hydroxylation is 1. The molecular formula is C28H25N3O3. The van der Waals surface area contributed by atoms with Crippen molar-refractivity contribution in [2.24, 2.45) is 7.05 Å². The molecule has 1 saturated heterocycles. The van der Waals surface area contributed by atoms with Crippen molar-refractivity contribution in [3.8, 4) is 22.6 Å². The normalized spacial score (nSPS) is 14.6. The summed E-state index contributed by atoms with van der Waals surface area (Å²) in [6, 6.07) is 21.7. The van der Waals surface area contributed by atoms with Crippen LogP contribution in [0.25, 0.3) is 32.9 Å². The Balaban J connectivity index is 1.55. The quantitative estimate of drug-likeness (QED) is 0.377. The Bertz CT molecular complexity index is 1560. The highest BCUT2D eigenvalue weighted by atomic mass is 16.5. The number of hydrogen-bond acceptors (Lipinski definition) is 4. The lowest BCUT2D eigenvalue weighted by molar-refractivity contribution is 0.0838. The Hall–Kier alpha value is -3.90. The molecule has 2 aromatic heterocycles. The predicted molar refractivity (Wildman–Crippen MR) is 134 cm³/mol. The first-order valence-electron chi connectivity index (χ1n) is 11.6. The number of imidazole rings is 1. The first-order valence-corrected chi connectivity index (χ1v) is 11.6. The lowest BCUT2D eigenvalue weighted by Gasteiger charge is -2.19. The van der Waals surface area contributed by atoms with Gasteiger partial charge < -0.3 is 19.0 Å². The maximum absolute atomic E-state index is 12.0. The number of fused-ring (bicyclic) bond motifs is 2. The number of pyridine rings is 1. The fourth-order valence-corrected chi connectivity index (χ4v) is 4.71. The van der Waals surface area contributed by atoms with Gasteiger partial charge in [0.15, 0.2) is 5.75 Å². The fraction of sp³-hybridized carbons (Fsp3) is 0.214. The zero-order valence-corrected chi connectivity index (χ0v) is 19.0. The summed E-state index contributed by atoms with van der Waals surface area (Å²) in [5, 5.41) is 2.15. The summed E-state index contributed by atoms with van der Waals surface area (Å²) < 4.78 is 13.8. The van der Waals surface area contributed by atoms with Crippen LogP contribution in [-0.4, -0.2) is 27.7 Å². The molecule has 170 valence electrons. The topological polar surface area (TPSA) is 69.1 Å². The minimum Gasteiger partial charge on any atom is -0.454 e. The molecule has 0 unspecified atom stereocenters. The van der Waals surface area contributed by atoms with Gasteiger partial charge in [0.1, 0.15) is 17.1 Å². The standard InChI is InChI=1S/C28H25N3O3/c1-31-17-20(9-12-25(31)32)22-10-11-23-26(30-28(29-23)19-13-15-33-16-14-19)27(22)34-24-8-4-6-18-5-2-3-7-21(18)24/h2-12,17,19H,13-16H2,1H3,(H,29,30). The number of H-pyrrole nitrogens is 1. The van der Waals surface area contributed by atoms with E-state index in [2.05, 4.69) is 23.2 Å². The molecule has 1 fully saturated rings. The number of benzene rings is 3. The molecular weight excluding hydrogens is 426 g/mol. The molecule has 6 rings (SSSR count). The molecule has 1 aliphatic rings. The second-order valence-electron chi connectivity index (χ2n) is 8.79. The van der Waals surface area contributed by atoms with Crippen LogP contribution < -0.4 is 10.3 Å². The van der Waals surface area contributed by atoms with Gasteiger partial charge >= 0.3 is 0 Å². The Morgan fingerprint density at radius 3 is 2.68 bits per heavy atom. The van der Waals surface area contributed by atoms with Crippen LogP contribution in [0.3, 0.4) is 0 Å². The fourth-order valence-electron chi connectivity index (χ4n) is 4.71. The van der Waals surface area contributed by atoms with Crippen molar-refractivity contribution in [1.82, 2.24) is 14.5 Å². The van der Waals surface area contributed by atoms with Crippen LogP contribution in [0.2, 0.25) is 0 Å². The first kappa shape index (κ1) is 20.7. The van der Waals surface area contributed by atoms with Gasteiger partial charge in [-0.2, -0.15) is 0 Å². The van der Waals surface area contributed by atoms with Gasteiger partial charge in [0.25, 0.3) is 0 Å². The van der Waals surface area contributed by atoms with Crippen molar-refractivity contribution in [3.63, 3.8) is 0 Å². The number of nitrogens with one attached hydrogen (secondary N) is 1. The van der Waals surface area contributed by atoms with E-state index in [1.54, 1.807) is 17.7 Å². The summed E-state index contributed by atoms with van der Waals surface area (Å²) in [4.78, 5) is 20.6. The van der Waals surface area contributed by atoms with E-state index >= 15 is 0 Å². The maximum Gasteiger partial charge on any atom is 0.250 e. The SMILES string of the molecule is Cn1cc(-c2ccc3[nH]c(C4CCOCC4)nc3c2Oc2cccc3ccccc23)ccc1=O. The Kier molecular flexibility index (Phi) is 5.15. The van der Waals surface area contributed by atoms with Crippen molar-refractivity contribution in [1.29, 1.82) is 0 Å². The van der Waals surface area contributed by atoms with Gasteiger partial charge in [-0.05, 0) is 42.5 Å². The number of rotatable bonds is 4. The van der Waals surface area contributed by atoms with Gasteiger partial charge in [-0.1, -0.05) is 36.4 Å². The molecule has 6 heteroatoms. The smallest absolute Gasteiger partial charge is 0.250 e.